The number of rotatable bonds is 4. The molecule has 1 fully saturated rings. The normalized spacial score (nSPS) is 24.8. The molecule has 4 aliphatic heterocycles. The number of halogens is 4. The number of hydrogen-bond donors (Lipinski definition) is 2. The number of fused-ring (bicyclic) bond motifs is 3. The predicted molar refractivity (Wildman–Crippen MR) is 153 cm³/mol. The SMILES string of the molecule is C=C1NC2c3nn(C)cc3C[C@H](c3cc(F)cc(F)c3)N2C(O)=C1C(=C)N1CCC(C2=IC=C(Cl)C=C2)C1. The third-order valence-electron chi connectivity index (χ3n) is 7.51. The van der Waals surface area contributed by atoms with E-state index in [0.717, 1.165) is 41.9 Å². The largest absolute Gasteiger partial charge is 0.494 e. The molecule has 0 bridgehead atoms. The second-order valence-corrected chi connectivity index (χ2v) is 12.9. The smallest absolute Gasteiger partial charge is 0.201 e. The Labute approximate surface area is 235 Å². The van der Waals surface area contributed by atoms with E-state index in [9.17, 15) is 13.9 Å². The number of nitrogens with zero attached hydrogens (tertiary/aromatic N) is 4. The van der Waals surface area contributed by atoms with Crippen LogP contribution in [0.3, 0.4) is 0 Å². The quantitative estimate of drug-likeness (QED) is 0.410. The molecule has 1 aromatic carbocycles. The minimum Gasteiger partial charge on any atom is -0.494 e. The Balaban J connectivity index is 1.36. The number of benzene rings is 1. The van der Waals surface area contributed by atoms with Crippen molar-refractivity contribution in [1.29, 1.82) is 0 Å². The van der Waals surface area contributed by atoms with Gasteiger partial charge in [-0.1, -0.05) is 51.6 Å². The van der Waals surface area contributed by atoms with Gasteiger partial charge in [0.05, 0.1) is 11.6 Å². The van der Waals surface area contributed by atoms with Crippen LogP contribution in [0.1, 0.15) is 35.4 Å². The fraction of sp³-hybridized carbons (Fsp3) is 0.286. The van der Waals surface area contributed by atoms with Crippen molar-refractivity contribution in [1.82, 2.24) is 24.9 Å². The van der Waals surface area contributed by atoms with Crippen LogP contribution >= 0.6 is 32.3 Å². The molecule has 5 heterocycles. The summed E-state index contributed by atoms with van der Waals surface area (Å²) in [6, 6.07) is 2.97. The first-order chi connectivity index (χ1) is 18.2. The molecule has 10 heteroatoms. The van der Waals surface area contributed by atoms with Crippen LogP contribution in [0.4, 0.5) is 8.78 Å². The topological polar surface area (TPSA) is 56.6 Å². The maximum absolute atomic E-state index is 14.3. The van der Waals surface area contributed by atoms with Crippen LogP contribution in [0.25, 0.3) is 0 Å². The van der Waals surface area contributed by atoms with E-state index in [4.69, 9.17) is 11.6 Å². The highest BCUT2D eigenvalue weighted by molar-refractivity contribution is 14.2. The first-order valence-electron chi connectivity index (χ1n) is 12.3. The standard InChI is InChI=1S/C28H27ClF2IN5O/c1-15-25(16(2)36-7-6-17(14-36)23-5-4-20(29)12-32-23)28(38)37-24(18-8-21(30)11-22(31)9-18)10-19-13-35(3)34-26(19)27(37)33-15/h4-5,8-9,11-13,17,24,27,33,38H,1-2,6-7,10,14H2,3H3/t17?,24-,27?/m1/s1. The minimum atomic E-state index is -0.660. The molecule has 1 saturated heterocycles. The number of hydrogen-bond acceptors (Lipinski definition) is 5. The van der Waals surface area contributed by atoms with Crippen LogP contribution in [0.2, 0.25) is 0 Å². The van der Waals surface area contributed by atoms with Crippen LogP contribution in [0.15, 0.2) is 81.7 Å². The van der Waals surface area contributed by atoms with E-state index >= 15 is 0 Å². The average molecular weight is 650 g/mol. The summed E-state index contributed by atoms with van der Waals surface area (Å²) >= 11 is 5.89. The lowest BCUT2D eigenvalue weighted by molar-refractivity contribution is 0.0621. The number of nitrogens with one attached hydrogen (secondary N) is 1. The van der Waals surface area contributed by atoms with Crippen molar-refractivity contribution in [2.24, 2.45) is 13.0 Å². The van der Waals surface area contributed by atoms with Crippen LogP contribution < -0.4 is 5.32 Å². The maximum atomic E-state index is 14.3. The highest BCUT2D eigenvalue weighted by Gasteiger charge is 2.44. The third-order valence-corrected chi connectivity index (χ3v) is 11.1. The van der Waals surface area contributed by atoms with Gasteiger partial charge in [0.1, 0.15) is 23.5 Å². The fourth-order valence-electron chi connectivity index (χ4n) is 5.78. The van der Waals surface area contributed by atoms with E-state index in [1.807, 2.05) is 19.3 Å². The molecule has 1 aromatic heterocycles. The molecule has 6 nitrogen and oxygen atoms in total. The lowest BCUT2D eigenvalue weighted by atomic mass is 9.89. The second kappa shape index (κ2) is 9.68. The summed E-state index contributed by atoms with van der Waals surface area (Å²) in [6.07, 6.45) is 6.88. The zero-order chi connectivity index (χ0) is 26.7. The Kier molecular flexibility index (Phi) is 6.46. The van der Waals surface area contributed by atoms with Crippen molar-refractivity contribution in [2.45, 2.75) is 25.0 Å². The van der Waals surface area contributed by atoms with Gasteiger partial charge < -0.3 is 20.2 Å². The molecule has 6 rings (SSSR count). The van der Waals surface area contributed by atoms with Gasteiger partial charge in [-0.25, -0.2) is 8.78 Å². The Morgan fingerprint density at radius 1 is 1.24 bits per heavy atom. The third kappa shape index (κ3) is 4.39. The van der Waals surface area contributed by atoms with E-state index in [-0.39, 0.29) is 26.6 Å². The van der Waals surface area contributed by atoms with Gasteiger partial charge in [-0.3, -0.25) is 4.68 Å². The van der Waals surface area contributed by atoms with E-state index in [0.29, 0.717) is 34.9 Å². The predicted octanol–water partition coefficient (Wildman–Crippen LogP) is 5.81. The summed E-state index contributed by atoms with van der Waals surface area (Å²) in [6.45, 7) is 10.2. The molecule has 0 aliphatic carbocycles. The molecule has 4 aliphatic rings. The summed E-state index contributed by atoms with van der Waals surface area (Å²) in [4.78, 5) is 3.93. The van der Waals surface area contributed by atoms with Gasteiger partial charge in [-0.05, 0) is 43.3 Å². The van der Waals surface area contributed by atoms with Gasteiger partial charge in [0.25, 0.3) is 0 Å². The minimum absolute atomic E-state index is 0.0227. The monoisotopic (exact) mass is 649 g/mol. The van der Waals surface area contributed by atoms with Crippen LogP contribution in [0, 0.1) is 17.6 Å². The number of aryl methyl sites for hydroxylation is 1. The van der Waals surface area contributed by atoms with E-state index < -0.39 is 23.8 Å². The lowest BCUT2D eigenvalue weighted by Gasteiger charge is -2.47. The number of aliphatic hydroxyl groups excluding tert-OH is 1. The number of allylic oxidation sites excluding steroid dienone is 3. The van der Waals surface area contributed by atoms with Crippen molar-refractivity contribution in [3.8, 4) is 0 Å². The number of aliphatic hydroxyl groups is 1. The molecule has 0 saturated carbocycles. The van der Waals surface area contributed by atoms with Crippen molar-refractivity contribution < 1.29 is 13.9 Å². The average Bonchev–Trinajstić information content (AvgIpc) is 3.50. The molecule has 2 N–H and O–H groups in total. The van der Waals surface area contributed by atoms with Gasteiger partial charge in [0.2, 0.25) is 5.88 Å². The lowest BCUT2D eigenvalue weighted by Crippen LogP contribution is -2.48. The number of aromatic nitrogens is 2. The van der Waals surface area contributed by atoms with E-state index in [1.54, 1.807) is 9.58 Å². The summed E-state index contributed by atoms with van der Waals surface area (Å²) < 4.78 is 33.8. The zero-order valence-corrected chi connectivity index (χ0v) is 23.7. The van der Waals surface area contributed by atoms with Gasteiger partial charge >= 0.3 is 0 Å². The first kappa shape index (κ1) is 25.4. The summed E-state index contributed by atoms with van der Waals surface area (Å²) in [5, 5.41) is 20.6. The fourth-order valence-corrected chi connectivity index (χ4v) is 8.39. The number of likely N-dealkylation sites (tertiary alicyclic amines) is 1. The Morgan fingerprint density at radius 2 is 2.00 bits per heavy atom. The Bertz CT molecular complexity index is 1470. The van der Waals surface area contributed by atoms with Gasteiger partial charge in [0.15, 0.2) is 0 Å². The first-order valence-corrected chi connectivity index (χ1v) is 15.0. The highest BCUT2D eigenvalue weighted by atomic mass is 127. The summed E-state index contributed by atoms with van der Waals surface area (Å²) in [5.41, 5.74) is 3.83. The van der Waals surface area contributed by atoms with Crippen molar-refractivity contribution in [3.05, 3.63) is 110 Å². The molecule has 0 spiro atoms. The van der Waals surface area contributed by atoms with E-state index in [2.05, 4.69) is 38.6 Å². The molecule has 2 unspecified atom stereocenters. The van der Waals surface area contributed by atoms with Crippen molar-refractivity contribution >= 4 is 35.8 Å². The molecule has 3 atom stereocenters. The van der Waals surface area contributed by atoms with Crippen molar-refractivity contribution in [2.75, 3.05) is 13.1 Å². The molecule has 0 amide bonds. The molecule has 0 radical (unpaired) electrons. The second-order valence-electron chi connectivity index (χ2n) is 9.97. The van der Waals surface area contributed by atoms with Crippen LogP contribution in [0.5, 0.6) is 0 Å². The van der Waals surface area contributed by atoms with Crippen molar-refractivity contribution in [3.63, 3.8) is 0 Å². The Morgan fingerprint density at radius 3 is 2.71 bits per heavy atom. The van der Waals surface area contributed by atoms with E-state index in [1.165, 1.54) is 15.6 Å². The summed E-state index contributed by atoms with van der Waals surface area (Å²) in [5.74, 6) is -0.934. The molecule has 38 heavy (non-hydrogen) atoms. The summed E-state index contributed by atoms with van der Waals surface area (Å²) in [7, 11) is 1.83. The molecule has 198 valence electrons. The highest BCUT2D eigenvalue weighted by Crippen LogP contribution is 2.46. The van der Waals surface area contributed by atoms with Gasteiger partial charge in [-0.2, -0.15) is 5.10 Å². The maximum Gasteiger partial charge on any atom is 0.201 e. The molecular weight excluding hydrogens is 623 g/mol. The van der Waals surface area contributed by atoms with Crippen LogP contribution in [-0.4, -0.2) is 41.3 Å². The molecule has 2 aromatic rings. The van der Waals surface area contributed by atoms with Crippen LogP contribution in [-0.2, 0) is 13.5 Å². The van der Waals surface area contributed by atoms with Gasteiger partial charge in [-0.15, -0.1) is 0 Å². The zero-order valence-electron chi connectivity index (χ0n) is 20.8. The van der Waals surface area contributed by atoms with Gasteiger partial charge in [0, 0.05) is 61.2 Å². The molecular formula is C28H27ClF2IN5O. The Hall–Kier alpha value is -2.92.